The fourth-order valence-corrected chi connectivity index (χ4v) is 4.95. The van der Waals surface area contributed by atoms with E-state index in [1.807, 2.05) is 12.1 Å². The Labute approximate surface area is 163 Å². The van der Waals surface area contributed by atoms with Crippen molar-refractivity contribution in [3.8, 4) is 0 Å². The molecule has 1 N–H and O–H groups in total. The van der Waals surface area contributed by atoms with Crippen molar-refractivity contribution in [2.75, 3.05) is 6.54 Å². The Kier molecular flexibility index (Phi) is 5.82. The van der Waals surface area contributed by atoms with Gasteiger partial charge < -0.3 is 9.73 Å². The van der Waals surface area contributed by atoms with Gasteiger partial charge in [0.05, 0.1) is 16.0 Å². The molecule has 0 bridgehead atoms. The molecule has 0 fully saturated rings. The van der Waals surface area contributed by atoms with E-state index < -0.39 is 15.1 Å². The van der Waals surface area contributed by atoms with Gasteiger partial charge in [-0.3, -0.25) is 4.79 Å². The van der Waals surface area contributed by atoms with Crippen molar-refractivity contribution in [3.05, 3.63) is 76.4 Å². The van der Waals surface area contributed by atoms with E-state index in [9.17, 15) is 13.2 Å². The van der Waals surface area contributed by atoms with Gasteiger partial charge in [-0.15, -0.1) is 11.3 Å². The Bertz CT molecular complexity index is 973. The molecular weight excluding hydrogens is 382 g/mol. The number of rotatable bonds is 7. The Hall–Kier alpha value is -2.38. The van der Waals surface area contributed by atoms with E-state index in [-0.39, 0.29) is 17.3 Å². The zero-order chi connectivity index (χ0) is 19.4. The third-order valence-corrected chi connectivity index (χ3v) is 7.25. The minimum Gasteiger partial charge on any atom is -0.468 e. The number of nitrogens with one attached hydrogen (secondary N) is 1. The van der Waals surface area contributed by atoms with Crippen molar-refractivity contribution in [1.29, 1.82) is 0 Å². The largest absolute Gasteiger partial charge is 0.468 e. The van der Waals surface area contributed by atoms with Gasteiger partial charge in [0.2, 0.25) is 0 Å². The third kappa shape index (κ3) is 4.31. The van der Waals surface area contributed by atoms with Crippen LogP contribution in [0.5, 0.6) is 0 Å². The molecule has 3 rings (SSSR count). The lowest BCUT2D eigenvalue weighted by Gasteiger charge is -2.17. The summed E-state index contributed by atoms with van der Waals surface area (Å²) in [4.78, 5) is 13.0. The third-order valence-electron chi connectivity index (χ3n) is 4.30. The highest BCUT2D eigenvalue weighted by Crippen LogP contribution is 2.30. The highest BCUT2D eigenvalue weighted by atomic mass is 32.2. The summed E-state index contributed by atoms with van der Waals surface area (Å²) >= 11 is 1.30. The van der Waals surface area contributed by atoms with Crippen LogP contribution in [0.2, 0.25) is 0 Å². The van der Waals surface area contributed by atoms with Crippen LogP contribution in [-0.2, 0) is 9.84 Å². The molecule has 1 aromatic carbocycles. The molecule has 2 aromatic heterocycles. The van der Waals surface area contributed by atoms with Crippen LogP contribution >= 0.6 is 11.3 Å². The molecule has 0 aliphatic heterocycles. The maximum absolute atomic E-state index is 13.2. The second-order valence-corrected chi connectivity index (χ2v) is 9.54. The molecule has 0 saturated carbocycles. The van der Waals surface area contributed by atoms with Gasteiger partial charge in [0.1, 0.15) is 11.0 Å². The van der Waals surface area contributed by atoms with Gasteiger partial charge in [-0.05, 0) is 47.2 Å². The van der Waals surface area contributed by atoms with Crippen LogP contribution in [0.4, 0.5) is 0 Å². The molecule has 2 heterocycles. The first-order chi connectivity index (χ1) is 12.9. The number of carbonyl (C=O) groups excluding carboxylic acids is 1. The molecule has 0 saturated heterocycles. The van der Waals surface area contributed by atoms with Crippen LogP contribution in [0.25, 0.3) is 0 Å². The predicted octanol–water partition coefficient (Wildman–Crippen LogP) is 4.41. The average Bonchev–Trinajstić information content (AvgIpc) is 3.35. The first-order valence-corrected chi connectivity index (χ1v) is 11.0. The summed E-state index contributed by atoms with van der Waals surface area (Å²) in [6.07, 6.45) is 1.43. The zero-order valence-corrected chi connectivity index (χ0v) is 16.7. The van der Waals surface area contributed by atoms with Gasteiger partial charge >= 0.3 is 0 Å². The van der Waals surface area contributed by atoms with E-state index in [0.29, 0.717) is 16.6 Å². The van der Waals surface area contributed by atoms with Crippen molar-refractivity contribution in [1.82, 2.24) is 5.32 Å². The highest BCUT2D eigenvalue weighted by Gasteiger charge is 2.32. The van der Waals surface area contributed by atoms with Crippen LogP contribution in [0.1, 0.15) is 46.0 Å². The number of amides is 1. The molecule has 3 aromatic rings. The monoisotopic (exact) mass is 403 g/mol. The molecule has 142 valence electrons. The van der Waals surface area contributed by atoms with E-state index >= 15 is 0 Å². The van der Waals surface area contributed by atoms with Crippen LogP contribution < -0.4 is 5.32 Å². The second kappa shape index (κ2) is 8.10. The second-order valence-electron chi connectivity index (χ2n) is 6.46. The number of hydrogen-bond acceptors (Lipinski definition) is 5. The molecule has 1 atom stereocenters. The van der Waals surface area contributed by atoms with Crippen molar-refractivity contribution < 1.29 is 17.6 Å². The topological polar surface area (TPSA) is 76.4 Å². The number of furan rings is 1. The quantitative estimate of drug-likeness (QED) is 0.634. The van der Waals surface area contributed by atoms with Crippen molar-refractivity contribution in [2.45, 2.75) is 29.9 Å². The maximum atomic E-state index is 13.2. The molecule has 0 unspecified atom stereocenters. The summed E-state index contributed by atoms with van der Waals surface area (Å²) in [5.41, 5.74) is 1.06. The first kappa shape index (κ1) is 19.4. The molecule has 0 aliphatic carbocycles. The lowest BCUT2D eigenvalue weighted by molar-refractivity contribution is 0.0957. The molecule has 7 heteroatoms. The van der Waals surface area contributed by atoms with Crippen LogP contribution in [0, 0.1) is 0 Å². The number of carbonyl (C=O) groups is 1. The number of thiophene rings is 1. The number of sulfone groups is 1. The molecule has 0 spiro atoms. The summed E-state index contributed by atoms with van der Waals surface area (Å²) in [6, 6.07) is 13.6. The molecule has 0 aliphatic rings. The summed E-state index contributed by atoms with van der Waals surface area (Å²) in [6.45, 7) is 4.03. The molecule has 1 amide bonds. The van der Waals surface area contributed by atoms with E-state index in [2.05, 4.69) is 19.2 Å². The Morgan fingerprint density at radius 2 is 1.85 bits per heavy atom. The smallest absolute Gasteiger partial charge is 0.261 e. The number of benzene rings is 1. The van der Waals surface area contributed by atoms with Gasteiger partial charge in [-0.25, -0.2) is 8.42 Å². The highest BCUT2D eigenvalue weighted by molar-refractivity contribution is 7.91. The van der Waals surface area contributed by atoms with Crippen molar-refractivity contribution in [3.63, 3.8) is 0 Å². The van der Waals surface area contributed by atoms with E-state index in [0.717, 1.165) is 5.56 Å². The SMILES string of the molecule is CC(C)c1ccc(S(=O)(=O)[C@@H](CNC(=O)c2cccs2)c2ccco2)cc1. The van der Waals surface area contributed by atoms with Crippen molar-refractivity contribution in [2.24, 2.45) is 0 Å². The fraction of sp³-hybridized carbons (Fsp3) is 0.250. The Balaban J connectivity index is 1.87. The molecular formula is C20H21NO4S2. The van der Waals surface area contributed by atoms with Gasteiger partial charge in [0.25, 0.3) is 5.91 Å². The summed E-state index contributed by atoms with van der Waals surface area (Å²) < 4.78 is 31.8. The molecule has 5 nitrogen and oxygen atoms in total. The average molecular weight is 404 g/mol. The maximum Gasteiger partial charge on any atom is 0.261 e. The van der Waals surface area contributed by atoms with E-state index in [4.69, 9.17) is 4.42 Å². The lowest BCUT2D eigenvalue weighted by Crippen LogP contribution is -2.31. The summed E-state index contributed by atoms with van der Waals surface area (Å²) in [7, 11) is -3.74. The van der Waals surface area contributed by atoms with Gasteiger partial charge in [0.15, 0.2) is 9.84 Å². The minimum atomic E-state index is -3.74. The van der Waals surface area contributed by atoms with Crippen LogP contribution in [0.3, 0.4) is 0 Å². The van der Waals surface area contributed by atoms with E-state index in [1.165, 1.54) is 17.6 Å². The normalized spacial score (nSPS) is 12.9. The Morgan fingerprint density at radius 3 is 2.41 bits per heavy atom. The van der Waals surface area contributed by atoms with Gasteiger partial charge in [-0.1, -0.05) is 32.0 Å². The van der Waals surface area contributed by atoms with Gasteiger partial charge in [-0.2, -0.15) is 0 Å². The van der Waals surface area contributed by atoms with Gasteiger partial charge in [0, 0.05) is 6.54 Å². The van der Waals surface area contributed by atoms with Crippen LogP contribution in [-0.4, -0.2) is 20.9 Å². The Morgan fingerprint density at radius 1 is 1.11 bits per heavy atom. The zero-order valence-electron chi connectivity index (χ0n) is 15.1. The standard InChI is InChI=1S/C20H21NO4S2/c1-14(2)15-7-9-16(10-8-15)27(23,24)19(17-5-3-11-25-17)13-21-20(22)18-6-4-12-26-18/h3-12,14,19H,13H2,1-2H3,(H,21,22)/t19-/m0/s1. The molecule has 0 radical (unpaired) electrons. The number of hydrogen-bond donors (Lipinski definition) is 1. The van der Waals surface area contributed by atoms with E-state index in [1.54, 1.807) is 41.8 Å². The van der Waals surface area contributed by atoms with Crippen molar-refractivity contribution >= 4 is 27.1 Å². The lowest BCUT2D eigenvalue weighted by atomic mass is 10.0. The summed E-state index contributed by atoms with van der Waals surface area (Å²) in [5, 5.41) is 3.51. The first-order valence-electron chi connectivity index (χ1n) is 8.58. The molecule has 27 heavy (non-hydrogen) atoms. The summed E-state index contributed by atoms with van der Waals surface area (Å²) in [5.74, 6) is 0.314. The fourth-order valence-electron chi connectivity index (χ4n) is 2.72. The van der Waals surface area contributed by atoms with Crippen LogP contribution in [0.15, 0.2) is 69.5 Å². The predicted molar refractivity (Wildman–Crippen MR) is 106 cm³/mol. The minimum absolute atomic E-state index is 0.0709.